The number of nitrogens with one attached hydrogen (secondary N) is 2. The SMILES string of the molecule is COc1cn2ncc(-c3cccc(N[C@H]4CNC[C@@H]4F)n3)c2nc1C1CC1. The Kier molecular flexibility index (Phi) is 3.93. The van der Waals surface area contributed by atoms with Gasteiger partial charge in [-0.15, -0.1) is 0 Å². The van der Waals surface area contributed by atoms with Crippen LogP contribution in [0, 0.1) is 0 Å². The highest BCUT2D eigenvalue weighted by atomic mass is 19.1. The van der Waals surface area contributed by atoms with E-state index in [1.54, 1.807) is 17.8 Å². The number of halogens is 1. The van der Waals surface area contributed by atoms with Crippen molar-refractivity contribution in [2.45, 2.75) is 31.0 Å². The number of fused-ring (bicyclic) bond motifs is 1. The summed E-state index contributed by atoms with van der Waals surface area (Å²) in [6.45, 7) is 0.969. The van der Waals surface area contributed by atoms with Crippen LogP contribution in [-0.4, -0.2) is 52.0 Å². The van der Waals surface area contributed by atoms with E-state index < -0.39 is 6.17 Å². The van der Waals surface area contributed by atoms with Crippen LogP contribution in [0.5, 0.6) is 5.75 Å². The van der Waals surface area contributed by atoms with Gasteiger partial charge < -0.3 is 15.4 Å². The van der Waals surface area contributed by atoms with Crippen molar-refractivity contribution < 1.29 is 9.13 Å². The summed E-state index contributed by atoms with van der Waals surface area (Å²) in [7, 11) is 1.66. The van der Waals surface area contributed by atoms with Crippen LogP contribution in [0.3, 0.4) is 0 Å². The summed E-state index contributed by atoms with van der Waals surface area (Å²) in [5.41, 5.74) is 3.35. The molecule has 2 aliphatic rings. The topological polar surface area (TPSA) is 76.4 Å². The van der Waals surface area contributed by atoms with Crippen LogP contribution < -0.4 is 15.4 Å². The second-order valence-electron chi connectivity index (χ2n) is 7.13. The van der Waals surface area contributed by atoms with E-state index in [1.165, 1.54) is 0 Å². The first kappa shape index (κ1) is 16.4. The van der Waals surface area contributed by atoms with E-state index in [9.17, 15) is 4.39 Å². The van der Waals surface area contributed by atoms with E-state index in [2.05, 4.69) is 20.7 Å². The summed E-state index contributed by atoms with van der Waals surface area (Å²) in [5, 5.41) is 10.6. The molecule has 1 saturated heterocycles. The Morgan fingerprint density at radius 1 is 1.26 bits per heavy atom. The molecule has 2 N–H and O–H groups in total. The maximum atomic E-state index is 13.9. The average molecular weight is 368 g/mol. The molecule has 1 aliphatic heterocycles. The predicted octanol–water partition coefficient (Wildman–Crippen LogP) is 2.40. The minimum absolute atomic E-state index is 0.263. The van der Waals surface area contributed by atoms with Gasteiger partial charge >= 0.3 is 0 Å². The largest absolute Gasteiger partial charge is 0.493 e. The van der Waals surface area contributed by atoms with Gasteiger partial charge in [0.15, 0.2) is 11.4 Å². The number of ether oxygens (including phenoxy) is 1. The van der Waals surface area contributed by atoms with E-state index in [-0.39, 0.29) is 6.04 Å². The highest BCUT2D eigenvalue weighted by molar-refractivity contribution is 5.75. The number of pyridine rings is 1. The molecular formula is C19H21FN6O. The lowest BCUT2D eigenvalue weighted by Crippen LogP contribution is -2.29. The molecule has 1 saturated carbocycles. The Bertz CT molecular complexity index is 985. The van der Waals surface area contributed by atoms with Gasteiger partial charge in [0, 0.05) is 19.0 Å². The van der Waals surface area contributed by atoms with E-state index >= 15 is 0 Å². The third-order valence-electron chi connectivity index (χ3n) is 5.17. The molecule has 140 valence electrons. The minimum Gasteiger partial charge on any atom is -0.493 e. The smallest absolute Gasteiger partial charge is 0.164 e. The minimum atomic E-state index is -0.914. The number of methoxy groups -OCH3 is 1. The van der Waals surface area contributed by atoms with Gasteiger partial charge in [0.25, 0.3) is 0 Å². The first-order chi connectivity index (χ1) is 13.2. The number of nitrogens with zero attached hydrogens (tertiary/aromatic N) is 4. The van der Waals surface area contributed by atoms with E-state index in [4.69, 9.17) is 9.72 Å². The highest BCUT2D eigenvalue weighted by Gasteiger charge is 2.30. The predicted molar refractivity (Wildman–Crippen MR) is 99.9 cm³/mol. The molecule has 0 radical (unpaired) electrons. The van der Waals surface area contributed by atoms with Gasteiger partial charge in [-0.3, -0.25) is 0 Å². The lowest BCUT2D eigenvalue weighted by atomic mass is 10.2. The third-order valence-corrected chi connectivity index (χ3v) is 5.17. The summed E-state index contributed by atoms with van der Waals surface area (Å²) < 4.78 is 21.1. The number of hydrogen-bond donors (Lipinski definition) is 2. The van der Waals surface area contributed by atoms with Gasteiger partial charge in [-0.25, -0.2) is 18.9 Å². The Morgan fingerprint density at radius 2 is 2.15 bits per heavy atom. The Hall–Kier alpha value is -2.74. The number of aromatic nitrogens is 4. The second kappa shape index (κ2) is 6.45. The molecule has 27 heavy (non-hydrogen) atoms. The number of alkyl halides is 1. The Labute approximate surface area is 156 Å². The summed E-state index contributed by atoms with van der Waals surface area (Å²) in [5.74, 6) is 1.88. The van der Waals surface area contributed by atoms with Gasteiger partial charge in [-0.2, -0.15) is 5.10 Å². The van der Waals surface area contributed by atoms with Crippen LogP contribution in [0.25, 0.3) is 16.9 Å². The van der Waals surface area contributed by atoms with Crippen molar-refractivity contribution in [3.8, 4) is 17.0 Å². The molecule has 3 aromatic rings. The first-order valence-electron chi connectivity index (χ1n) is 9.24. The molecule has 0 aromatic carbocycles. The number of hydrogen-bond acceptors (Lipinski definition) is 6. The first-order valence-corrected chi connectivity index (χ1v) is 9.24. The van der Waals surface area contributed by atoms with Crippen molar-refractivity contribution >= 4 is 11.5 Å². The molecule has 2 fully saturated rings. The van der Waals surface area contributed by atoms with E-state index in [0.717, 1.165) is 41.2 Å². The molecule has 4 heterocycles. The fraction of sp³-hybridized carbons (Fsp3) is 0.421. The summed E-state index contributed by atoms with van der Waals surface area (Å²) in [6.07, 6.45) is 5.00. The highest BCUT2D eigenvalue weighted by Crippen LogP contribution is 2.43. The van der Waals surface area contributed by atoms with Crippen molar-refractivity contribution in [3.05, 3.63) is 36.3 Å². The average Bonchev–Trinajstić information content (AvgIpc) is 3.34. The van der Waals surface area contributed by atoms with Crippen molar-refractivity contribution in [3.63, 3.8) is 0 Å². The maximum absolute atomic E-state index is 13.9. The quantitative estimate of drug-likeness (QED) is 0.720. The van der Waals surface area contributed by atoms with Gasteiger partial charge in [0.1, 0.15) is 12.0 Å². The fourth-order valence-electron chi connectivity index (χ4n) is 3.54. The van der Waals surface area contributed by atoms with Crippen LogP contribution in [0.2, 0.25) is 0 Å². The van der Waals surface area contributed by atoms with Crippen molar-refractivity contribution in [1.29, 1.82) is 0 Å². The fourth-order valence-corrected chi connectivity index (χ4v) is 3.54. The van der Waals surface area contributed by atoms with Gasteiger partial charge in [-0.05, 0) is 25.0 Å². The lowest BCUT2D eigenvalue weighted by Gasteiger charge is -2.15. The molecule has 0 amide bonds. The molecule has 0 unspecified atom stereocenters. The van der Waals surface area contributed by atoms with E-state index in [1.807, 2.05) is 24.4 Å². The molecule has 1 aliphatic carbocycles. The van der Waals surface area contributed by atoms with Crippen LogP contribution in [0.1, 0.15) is 24.5 Å². The van der Waals surface area contributed by atoms with Crippen molar-refractivity contribution in [2.24, 2.45) is 0 Å². The maximum Gasteiger partial charge on any atom is 0.164 e. The zero-order valence-electron chi connectivity index (χ0n) is 15.0. The number of anilines is 1. The second-order valence-corrected chi connectivity index (χ2v) is 7.13. The van der Waals surface area contributed by atoms with Gasteiger partial charge in [0.05, 0.1) is 42.5 Å². The zero-order valence-corrected chi connectivity index (χ0v) is 15.0. The van der Waals surface area contributed by atoms with Crippen LogP contribution in [0.15, 0.2) is 30.6 Å². The van der Waals surface area contributed by atoms with Crippen molar-refractivity contribution in [1.82, 2.24) is 24.9 Å². The summed E-state index contributed by atoms with van der Waals surface area (Å²) in [4.78, 5) is 9.50. The van der Waals surface area contributed by atoms with Gasteiger partial charge in [-0.1, -0.05) is 6.07 Å². The third kappa shape index (κ3) is 2.99. The Morgan fingerprint density at radius 3 is 2.89 bits per heavy atom. The standard InChI is InChI=1S/C19H21FN6O/c1-27-16-10-26-19(25-18(16)11-5-6-11)12(7-22-26)14-3-2-4-17(23-14)24-15-9-21-8-13(15)20/h2-4,7,10-11,13,15,21H,5-6,8-9H2,1H3,(H,23,24)/t13-,15-/m0/s1. The lowest BCUT2D eigenvalue weighted by molar-refractivity contribution is 0.342. The zero-order chi connectivity index (χ0) is 18.4. The molecule has 3 aromatic heterocycles. The Balaban J connectivity index is 1.51. The van der Waals surface area contributed by atoms with Crippen LogP contribution in [-0.2, 0) is 0 Å². The molecule has 8 heteroatoms. The normalized spacial score (nSPS) is 22.3. The van der Waals surface area contributed by atoms with Gasteiger partial charge in [0.2, 0.25) is 0 Å². The molecule has 0 spiro atoms. The molecule has 5 rings (SSSR count). The molecular weight excluding hydrogens is 347 g/mol. The number of rotatable bonds is 5. The molecule has 0 bridgehead atoms. The summed E-state index contributed by atoms with van der Waals surface area (Å²) >= 11 is 0. The molecule has 2 atom stereocenters. The molecule has 7 nitrogen and oxygen atoms in total. The summed E-state index contributed by atoms with van der Waals surface area (Å²) in [6, 6.07) is 5.42. The van der Waals surface area contributed by atoms with Crippen LogP contribution >= 0.6 is 0 Å². The van der Waals surface area contributed by atoms with E-state index in [0.29, 0.717) is 24.8 Å². The van der Waals surface area contributed by atoms with Crippen molar-refractivity contribution in [2.75, 3.05) is 25.5 Å². The monoisotopic (exact) mass is 368 g/mol. The van der Waals surface area contributed by atoms with Crippen LogP contribution in [0.4, 0.5) is 10.2 Å².